The summed E-state index contributed by atoms with van der Waals surface area (Å²) in [6.45, 7) is 6.06. The smallest absolute Gasteiger partial charge is 0.326 e. The van der Waals surface area contributed by atoms with Gasteiger partial charge in [-0.3, -0.25) is 4.79 Å². The summed E-state index contributed by atoms with van der Waals surface area (Å²) in [6.07, 6.45) is 2.37. The Labute approximate surface area is 111 Å². The summed E-state index contributed by atoms with van der Waals surface area (Å²) < 4.78 is 0.00926. The highest BCUT2D eigenvalue weighted by Gasteiger charge is 2.20. The molecule has 17 heavy (non-hydrogen) atoms. The molecule has 0 bridgehead atoms. The monoisotopic (exact) mass is 279 g/mol. The number of thioether (sulfide) groups is 2. The van der Waals surface area contributed by atoms with Crippen LogP contribution >= 0.6 is 23.5 Å². The van der Waals surface area contributed by atoms with Crippen molar-refractivity contribution in [3.05, 3.63) is 0 Å². The summed E-state index contributed by atoms with van der Waals surface area (Å²) in [5.41, 5.74) is 0. The average molecular weight is 279 g/mol. The lowest BCUT2D eigenvalue weighted by molar-refractivity contribution is -0.141. The lowest BCUT2D eigenvalue weighted by atomic mass is 10.2. The number of carbonyl (C=O) groups is 2. The Kier molecular flexibility index (Phi) is 7.70. The number of amides is 1. The summed E-state index contributed by atoms with van der Waals surface area (Å²) in [6, 6.07) is -0.768. The topological polar surface area (TPSA) is 66.4 Å². The first kappa shape index (κ1) is 16.6. The molecule has 0 heterocycles. The van der Waals surface area contributed by atoms with Crippen LogP contribution in [0.5, 0.6) is 0 Å². The molecule has 6 heteroatoms. The van der Waals surface area contributed by atoms with E-state index in [1.165, 1.54) is 11.8 Å². The van der Waals surface area contributed by atoms with Crippen molar-refractivity contribution >= 4 is 35.4 Å². The van der Waals surface area contributed by atoms with Crippen LogP contribution in [0.1, 0.15) is 27.2 Å². The molecule has 0 saturated heterocycles. The van der Waals surface area contributed by atoms with Gasteiger partial charge in [0.2, 0.25) is 5.91 Å². The van der Waals surface area contributed by atoms with Gasteiger partial charge >= 0.3 is 5.97 Å². The molecule has 0 aliphatic rings. The van der Waals surface area contributed by atoms with Gasteiger partial charge in [0.15, 0.2) is 0 Å². The molecule has 1 atom stereocenters. The first-order chi connectivity index (χ1) is 7.76. The van der Waals surface area contributed by atoms with Crippen LogP contribution in [0.25, 0.3) is 0 Å². The van der Waals surface area contributed by atoms with Gasteiger partial charge < -0.3 is 10.4 Å². The SMILES string of the molecule is CSCCC(NC(=O)CSC(C)(C)C)C(=O)O. The molecule has 0 fully saturated rings. The molecule has 2 N–H and O–H groups in total. The molecular formula is C11H21NO3S2. The maximum atomic E-state index is 11.6. The van der Waals surface area contributed by atoms with Gasteiger partial charge in [-0.05, 0) is 18.4 Å². The zero-order valence-electron chi connectivity index (χ0n) is 10.8. The zero-order valence-corrected chi connectivity index (χ0v) is 12.4. The van der Waals surface area contributed by atoms with Crippen LogP contribution in [-0.2, 0) is 9.59 Å². The molecule has 0 aromatic carbocycles. The molecule has 1 unspecified atom stereocenters. The van der Waals surface area contributed by atoms with Crippen molar-refractivity contribution in [1.82, 2.24) is 5.32 Å². The molecule has 0 rings (SSSR count). The molecule has 0 radical (unpaired) electrons. The highest BCUT2D eigenvalue weighted by molar-refractivity contribution is 8.01. The Balaban J connectivity index is 4.08. The summed E-state index contributed by atoms with van der Waals surface area (Å²) in [4.78, 5) is 22.5. The maximum absolute atomic E-state index is 11.6. The molecule has 1 amide bonds. The molecular weight excluding hydrogens is 258 g/mol. The third kappa shape index (κ3) is 9.35. The quantitative estimate of drug-likeness (QED) is 0.744. The molecule has 4 nitrogen and oxygen atoms in total. The van der Waals surface area contributed by atoms with Gasteiger partial charge in [-0.15, -0.1) is 11.8 Å². The first-order valence-electron chi connectivity index (χ1n) is 5.41. The Morgan fingerprint density at radius 2 is 1.94 bits per heavy atom. The number of carboxylic acids is 1. The van der Waals surface area contributed by atoms with Crippen molar-refractivity contribution in [2.75, 3.05) is 17.8 Å². The summed E-state index contributed by atoms with van der Waals surface area (Å²) in [5.74, 6) is -0.150. The predicted octanol–water partition coefficient (Wildman–Crippen LogP) is 1.84. The molecule has 0 aliphatic carbocycles. The minimum atomic E-state index is -0.965. The molecule has 0 aromatic heterocycles. The van der Waals surface area contributed by atoms with Gasteiger partial charge in [0, 0.05) is 4.75 Å². The number of hydrogen-bond donors (Lipinski definition) is 2. The van der Waals surface area contributed by atoms with Crippen LogP contribution in [-0.4, -0.2) is 45.5 Å². The fourth-order valence-electron chi connectivity index (χ4n) is 1.01. The van der Waals surface area contributed by atoms with Gasteiger partial charge in [-0.2, -0.15) is 11.8 Å². The van der Waals surface area contributed by atoms with Crippen LogP contribution in [0.3, 0.4) is 0 Å². The van der Waals surface area contributed by atoms with Crippen molar-refractivity contribution in [2.24, 2.45) is 0 Å². The number of carbonyl (C=O) groups excluding carboxylic acids is 1. The second-order valence-corrected chi connectivity index (χ2v) is 7.43. The van der Waals surface area contributed by atoms with E-state index in [0.29, 0.717) is 12.2 Å². The average Bonchev–Trinajstić information content (AvgIpc) is 2.19. The van der Waals surface area contributed by atoms with E-state index >= 15 is 0 Å². The molecule has 0 spiro atoms. The highest BCUT2D eigenvalue weighted by Crippen LogP contribution is 2.22. The van der Waals surface area contributed by atoms with Gasteiger partial charge in [-0.25, -0.2) is 4.79 Å². The molecule has 0 aliphatic heterocycles. The van der Waals surface area contributed by atoms with Crippen molar-refractivity contribution in [3.8, 4) is 0 Å². The number of nitrogens with one attached hydrogen (secondary N) is 1. The third-order valence-corrected chi connectivity index (χ3v) is 3.80. The third-order valence-electron chi connectivity index (χ3n) is 1.88. The van der Waals surface area contributed by atoms with Crippen molar-refractivity contribution in [3.63, 3.8) is 0 Å². The Morgan fingerprint density at radius 1 is 1.35 bits per heavy atom. The van der Waals surface area contributed by atoms with Crippen LogP contribution in [0.4, 0.5) is 0 Å². The van der Waals surface area contributed by atoms with Crippen LogP contribution in [0, 0.1) is 0 Å². The Bertz CT molecular complexity index is 264. The fourth-order valence-corrected chi connectivity index (χ4v) is 2.13. The van der Waals surface area contributed by atoms with Crippen molar-refractivity contribution < 1.29 is 14.7 Å². The van der Waals surface area contributed by atoms with Gasteiger partial charge in [0.1, 0.15) is 6.04 Å². The van der Waals surface area contributed by atoms with Crippen LogP contribution < -0.4 is 5.32 Å². The van der Waals surface area contributed by atoms with Crippen LogP contribution in [0.2, 0.25) is 0 Å². The predicted molar refractivity (Wildman–Crippen MR) is 74.8 cm³/mol. The second kappa shape index (κ2) is 7.87. The Hall–Kier alpha value is -0.360. The number of aliphatic carboxylic acids is 1. The molecule has 100 valence electrons. The van der Waals surface area contributed by atoms with E-state index in [-0.39, 0.29) is 10.7 Å². The molecule has 0 saturated carbocycles. The van der Waals surface area contributed by atoms with E-state index < -0.39 is 12.0 Å². The van der Waals surface area contributed by atoms with E-state index in [1.807, 2.05) is 27.0 Å². The van der Waals surface area contributed by atoms with Crippen LogP contribution in [0.15, 0.2) is 0 Å². The largest absolute Gasteiger partial charge is 0.480 e. The van der Waals surface area contributed by atoms with Gasteiger partial charge in [0.05, 0.1) is 5.75 Å². The van der Waals surface area contributed by atoms with E-state index in [9.17, 15) is 9.59 Å². The van der Waals surface area contributed by atoms with Gasteiger partial charge in [-0.1, -0.05) is 20.8 Å². The van der Waals surface area contributed by atoms with Crippen molar-refractivity contribution in [1.29, 1.82) is 0 Å². The maximum Gasteiger partial charge on any atom is 0.326 e. The minimum absolute atomic E-state index is 0.00926. The fraction of sp³-hybridized carbons (Fsp3) is 0.818. The normalized spacial score (nSPS) is 13.2. The van der Waals surface area contributed by atoms with E-state index in [2.05, 4.69) is 5.32 Å². The first-order valence-corrected chi connectivity index (χ1v) is 7.79. The lowest BCUT2D eigenvalue weighted by Crippen LogP contribution is -2.42. The van der Waals surface area contributed by atoms with E-state index in [1.54, 1.807) is 11.8 Å². The lowest BCUT2D eigenvalue weighted by Gasteiger charge is -2.18. The van der Waals surface area contributed by atoms with E-state index in [0.717, 1.165) is 5.75 Å². The Morgan fingerprint density at radius 3 is 2.35 bits per heavy atom. The summed E-state index contributed by atoms with van der Waals surface area (Å²) >= 11 is 3.08. The van der Waals surface area contributed by atoms with Gasteiger partial charge in [0.25, 0.3) is 0 Å². The molecule has 0 aromatic rings. The highest BCUT2D eigenvalue weighted by atomic mass is 32.2. The summed E-state index contributed by atoms with van der Waals surface area (Å²) in [5, 5.41) is 11.5. The number of hydrogen-bond acceptors (Lipinski definition) is 4. The zero-order chi connectivity index (χ0) is 13.5. The minimum Gasteiger partial charge on any atom is -0.480 e. The second-order valence-electron chi connectivity index (χ2n) is 4.64. The number of rotatable bonds is 7. The van der Waals surface area contributed by atoms with E-state index in [4.69, 9.17) is 5.11 Å². The standard InChI is InChI=1S/C11H21NO3S2/c1-11(2,3)17-7-9(13)12-8(10(14)15)5-6-16-4/h8H,5-7H2,1-4H3,(H,12,13)(H,14,15). The number of carboxylic acid groups (broad SMARTS) is 1. The van der Waals surface area contributed by atoms with Crippen molar-refractivity contribution in [2.45, 2.75) is 38.0 Å². The summed E-state index contributed by atoms with van der Waals surface area (Å²) in [7, 11) is 0.